The van der Waals surface area contributed by atoms with Gasteiger partial charge in [0.1, 0.15) is 6.29 Å². The fraction of sp³-hybridized carbons (Fsp3) is 0.273. The Balaban J connectivity index is 2.83. The molecule has 0 aliphatic carbocycles. The second-order valence-electron chi connectivity index (χ2n) is 2.98. The Morgan fingerprint density at radius 1 is 1.64 bits per heavy atom. The Bertz CT molecular complexity index is 329. The number of likely N-dealkylation sites (N-methyl/N-ethyl adjacent to an activating group) is 1. The third-order valence-electron chi connectivity index (χ3n) is 1.99. The molecule has 0 N–H and O–H groups in total. The summed E-state index contributed by atoms with van der Waals surface area (Å²) in [6, 6.07) is 3.34. The number of nitrogens with zero attached hydrogens (tertiary/aromatic N) is 2. The Morgan fingerprint density at radius 3 is 2.79 bits per heavy atom. The summed E-state index contributed by atoms with van der Waals surface area (Å²) in [4.78, 5) is 16.6. The van der Waals surface area contributed by atoms with Crippen molar-refractivity contribution < 1.29 is 4.79 Å². The van der Waals surface area contributed by atoms with E-state index in [1.54, 1.807) is 12.4 Å². The topological polar surface area (TPSA) is 33.2 Å². The first-order valence-corrected chi connectivity index (χ1v) is 4.28. The van der Waals surface area contributed by atoms with E-state index in [2.05, 4.69) is 10.9 Å². The Morgan fingerprint density at radius 2 is 2.29 bits per heavy atom. The third kappa shape index (κ3) is 2.41. The Labute approximate surface area is 83.8 Å². The summed E-state index contributed by atoms with van der Waals surface area (Å²) in [5.74, 6) is 2.50. The zero-order valence-electron chi connectivity index (χ0n) is 8.05. The highest BCUT2D eigenvalue weighted by Gasteiger charge is 2.14. The molecule has 72 valence electrons. The van der Waals surface area contributed by atoms with Crippen LogP contribution in [0.2, 0.25) is 0 Å². The van der Waals surface area contributed by atoms with E-state index >= 15 is 0 Å². The van der Waals surface area contributed by atoms with E-state index in [1.807, 2.05) is 24.1 Å². The molecule has 1 aromatic heterocycles. The van der Waals surface area contributed by atoms with Crippen molar-refractivity contribution in [2.24, 2.45) is 0 Å². The van der Waals surface area contributed by atoms with E-state index in [0.717, 1.165) is 11.8 Å². The van der Waals surface area contributed by atoms with Crippen molar-refractivity contribution in [1.29, 1.82) is 0 Å². The molecule has 14 heavy (non-hydrogen) atoms. The highest BCUT2D eigenvalue weighted by Crippen LogP contribution is 2.14. The van der Waals surface area contributed by atoms with Crippen molar-refractivity contribution in [3.8, 4) is 12.3 Å². The molecule has 0 radical (unpaired) electrons. The molecule has 0 spiro atoms. The number of hydrogen-bond donors (Lipinski definition) is 0. The van der Waals surface area contributed by atoms with Crippen molar-refractivity contribution in [2.75, 3.05) is 13.6 Å². The van der Waals surface area contributed by atoms with Gasteiger partial charge in [-0.25, -0.2) is 0 Å². The minimum Gasteiger partial charge on any atom is -0.301 e. The highest BCUT2D eigenvalue weighted by atomic mass is 16.1. The van der Waals surface area contributed by atoms with Crippen LogP contribution in [0.25, 0.3) is 0 Å². The largest absolute Gasteiger partial charge is 0.301 e. The van der Waals surface area contributed by atoms with E-state index in [-0.39, 0.29) is 6.04 Å². The van der Waals surface area contributed by atoms with Crippen molar-refractivity contribution in [2.45, 2.75) is 6.04 Å². The molecule has 1 atom stereocenters. The minimum atomic E-state index is -0.283. The number of carbonyl (C=O) groups excluding carboxylic acids is 1. The normalized spacial score (nSPS) is 12.1. The predicted molar refractivity (Wildman–Crippen MR) is 54.5 cm³/mol. The minimum absolute atomic E-state index is 0.283. The maximum absolute atomic E-state index is 10.9. The number of aromatic nitrogens is 1. The van der Waals surface area contributed by atoms with Crippen LogP contribution in [0.1, 0.15) is 11.6 Å². The molecule has 0 saturated carbocycles. The fourth-order valence-corrected chi connectivity index (χ4v) is 1.24. The first-order valence-electron chi connectivity index (χ1n) is 4.28. The second-order valence-corrected chi connectivity index (χ2v) is 2.98. The molecule has 0 amide bonds. The van der Waals surface area contributed by atoms with Crippen LogP contribution in [0, 0.1) is 12.3 Å². The maximum Gasteiger partial charge on any atom is 0.141 e. The van der Waals surface area contributed by atoms with Crippen LogP contribution >= 0.6 is 0 Å². The standard InChI is InChI=1S/C11H12N2O/c1-3-8-13(2)11(9-14)10-4-6-12-7-5-10/h1,4-7,9,11H,8H2,2H3. The first-order chi connectivity index (χ1) is 6.79. The lowest BCUT2D eigenvalue weighted by Gasteiger charge is -2.20. The zero-order valence-corrected chi connectivity index (χ0v) is 8.05. The molecule has 0 aliphatic rings. The van der Waals surface area contributed by atoms with Gasteiger partial charge in [0.2, 0.25) is 0 Å². The van der Waals surface area contributed by atoms with E-state index < -0.39 is 0 Å². The molecule has 3 nitrogen and oxygen atoms in total. The molecule has 1 heterocycles. The van der Waals surface area contributed by atoms with Gasteiger partial charge in [-0.3, -0.25) is 9.88 Å². The van der Waals surface area contributed by atoms with Gasteiger partial charge in [0.15, 0.2) is 0 Å². The molecule has 0 aliphatic heterocycles. The lowest BCUT2D eigenvalue weighted by molar-refractivity contribution is -0.112. The number of aldehydes is 1. The maximum atomic E-state index is 10.9. The fourth-order valence-electron chi connectivity index (χ4n) is 1.24. The van der Waals surface area contributed by atoms with Crippen molar-refractivity contribution in [1.82, 2.24) is 9.88 Å². The molecule has 1 unspecified atom stereocenters. The van der Waals surface area contributed by atoms with Crippen LogP contribution in [-0.4, -0.2) is 29.8 Å². The summed E-state index contributed by atoms with van der Waals surface area (Å²) >= 11 is 0. The van der Waals surface area contributed by atoms with Crippen molar-refractivity contribution in [3.05, 3.63) is 30.1 Å². The summed E-state index contributed by atoms with van der Waals surface area (Å²) in [5, 5.41) is 0. The number of rotatable bonds is 4. The number of carbonyl (C=O) groups is 1. The SMILES string of the molecule is C#CCN(C)C(C=O)c1ccncc1. The molecule has 1 rings (SSSR count). The van der Waals surface area contributed by atoms with Crippen molar-refractivity contribution >= 4 is 6.29 Å². The lowest BCUT2D eigenvalue weighted by atomic mass is 10.1. The average molecular weight is 188 g/mol. The van der Waals surface area contributed by atoms with Gasteiger partial charge >= 0.3 is 0 Å². The van der Waals surface area contributed by atoms with Crippen LogP contribution in [0.5, 0.6) is 0 Å². The van der Waals surface area contributed by atoms with Crippen LogP contribution in [0.15, 0.2) is 24.5 Å². The number of hydrogen-bond acceptors (Lipinski definition) is 3. The Hall–Kier alpha value is -1.66. The van der Waals surface area contributed by atoms with E-state index in [4.69, 9.17) is 6.42 Å². The molecule has 0 bridgehead atoms. The van der Waals surface area contributed by atoms with Crippen LogP contribution in [0.4, 0.5) is 0 Å². The lowest BCUT2D eigenvalue weighted by Crippen LogP contribution is -2.25. The quantitative estimate of drug-likeness (QED) is 0.519. The highest BCUT2D eigenvalue weighted by molar-refractivity contribution is 5.61. The smallest absolute Gasteiger partial charge is 0.141 e. The summed E-state index contributed by atoms with van der Waals surface area (Å²) in [6.45, 7) is 0.450. The average Bonchev–Trinajstić information content (AvgIpc) is 2.21. The first kappa shape index (κ1) is 10.4. The van der Waals surface area contributed by atoms with E-state index in [0.29, 0.717) is 6.54 Å². The van der Waals surface area contributed by atoms with Gasteiger partial charge in [-0.15, -0.1) is 6.42 Å². The molecule has 0 aromatic carbocycles. The Kier molecular flexibility index (Phi) is 3.84. The molecule has 0 saturated heterocycles. The van der Waals surface area contributed by atoms with Gasteiger partial charge in [-0.05, 0) is 24.7 Å². The van der Waals surface area contributed by atoms with Crippen LogP contribution in [0.3, 0.4) is 0 Å². The van der Waals surface area contributed by atoms with Gasteiger partial charge < -0.3 is 4.79 Å². The third-order valence-corrected chi connectivity index (χ3v) is 1.99. The zero-order chi connectivity index (χ0) is 10.4. The molecular weight excluding hydrogens is 176 g/mol. The van der Waals surface area contributed by atoms with Gasteiger partial charge in [-0.1, -0.05) is 5.92 Å². The van der Waals surface area contributed by atoms with Crippen LogP contribution < -0.4 is 0 Å². The van der Waals surface area contributed by atoms with Crippen molar-refractivity contribution in [3.63, 3.8) is 0 Å². The molecular formula is C11H12N2O. The van der Waals surface area contributed by atoms with Gasteiger partial charge in [0.25, 0.3) is 0 Å². The van der Waals surface area contributed by atoms with E-state index in [9.17, 15) is 4.79 Å². The second kappa shape index (κ2) is 5.15. The predicted octanol–water partition coefficient (Wildman–Crippen LogP) is 0.887. The monoisotopic (exact) mass is 188 g/mol. The molecule has 3 heteroatoms. The van der Waals surface area contributed by atoms with Crippen LogP contribution in [-0.2, 0) is 4.79 Å². The summed E-state index contributed by atoms with van der Waals surface area (Å²) < 4.78 is 0. The van der Waals surface area contributed by atoms with E-state index in [1.165, 1.54) is 0 Å². The molecule has 1 aromatic rings. The van der Waals surface area contributed by atoms with Gasteiger partial charge in [0, 0.05) is 12.4 Å². The summed E-state index contributed by atoms with van der Waals surface area (Å²) in [5.41, 5.74) is 0.910. The van der Waals surface area contributed by atoms with Gasteiger partial charge in [0.05, 0.1) is 12.6 Å². The number of pyridine rings is 1. The number of terminal acetylenes is 1. The molecule has 0 fully saturated rings. The summed E-state index contributed by atoms with van der Waals surface area (Å²) in [6.07, 6.45) is 9.39. The summed E-state index contributed by atoms with van der Waals surface area (Å²) in [7, 11) is 1.82. The van der Waals surface area contributed by atoms with Gasteiger partial charge in [-0.2, -0.15) is 0 Å².